The fourth-order valence-corrected chi connectivity index (χ4v) is 5.97. The lowest BCUT2D eigenvalue weighted by molar-refractivity contribution is -0.123. The molecule has 12 heteroatoms. The van der Waals surface area contributed by atoms with E-state index in [0.29, 0.717) is 29.3 Å². The molecule has 2 aliphatic heterocycles. The highest BCUT2D eigenvalue weighted by Gasteiger charge is 2.36. The fourth-order valence-electron chi connectivity index (χ4n) is 5.04. The molecule has 42 heavy (non-hydrogen) atoms. The van der Waals surface area contributed by atoms with Gasteiger partial charge in [-0.2, -0.15) is 0 Å². The summed E-state index contributed by atoms with van der Waals surface area (Å²) in [5, 5.41) is 6.06. The third-order valence-electron chi connectivity index (χ3n) is 7.12. The molecule has 3 heterocycles. The Morgan fingerprint density at radius 3 is 2.83 bits per heavy atom. The number of aromatic nitrogens is 1. The van der Waals surface area contributed by atoms with Crippen molar-refractivity contribution in [1.29, 1.82) is 0 Å². The smallest absolute Gasteiger partial charge is 0.282 e. The molecule has 0 aliphatic carbocycles. The highest BCUT2D eigenvalue weighted by molar-refractivity contribution is 7.20. The van der Waals surface area contributed by atoms with Crippen molar-refractivity contribution in [2.24, 2.45) is 0 Å². The summed E-state index contributed by atoms with van der Waals surface area (Å²) in [4.78, 5) is 45.5. The highest BCUT2D eigenvalue weighted by atomic mass is 32.1. The number of rotatable bonds is 2. The van der Waals surface area contributed by atoms with Crippen LogP contribution in [0.15, 0.2) is 60.7 Å². The Bertz CT molecular complexity index is 1640. The number of nitrogens with zero attached hydrogens (tertiary/aromatic N) is 2. The molecular weight excluding hydrogens is 563 g/mol. The van der Waals surface area contributed by atoms with Gasteiger partial charge in [0.05, 0.1) is 23.4 Å². The Kier molecular flexibility index (Phi) is 7.62. The molecule has 1 saturated heterocycles. The van der Waals surface area contributed by atoms with E-state index < -0.39 is 29.8 Å². The molecular formula is C30H27FN4O6S. The van der Waals surface area contributed by atoms with Crippen LogP contribution >= 0.6 is 11.3 Å². The molecule has 1 aromatic heterocycles. The summed E-state index contributed by atoms with van der Waals surface area (Å²) in [6.07, 6.45) is -0.194. The van der Waals surface area contributed by atoms with E-state index in [1.54, 1.807) is 23.1 Å². The van der Waals surface area contributed by atoms with E-state index in [1.807, 2.05) is 24.3 Å². The van der Waals surface area contributed by atoms with Gasteiger partial charge in [-0.1, -0.05) is 12.1 Å². The minimum absolute atomic E-state index is 0.0583. The van der Waals surface area contributed by atoms with Gasteiger partial charge < -0.3 is 29.7 Å². The molecule has 3 amide bonds. The number of ether oxygens (including phenoxy) is 3. The van der Waals surface area contributed by atoms with E-state index in [1.165, 1.54) is 36.6 Å². The van der Waals surface area contributed by atoms with Crippen LogP contribution in [0.2, 0.25) is 0 Å². The van der Waals surface area contributed by atoms with Crippen LogP contribution in [0.3, 0.4) is 0 Å². The van der Waals surface area contributed by atoms with E-state index in [2.05, 4.69) is 15.6 Å². The van der Waals surface area contributed by atoms with Crippen LogP contribution in [-0.4, -0.2) is 66.6 Å². The van der Waals surface area contributed by atoms with Crippen molar-refractivity contribution in [3.05, 3.63) is 82.6 Å². The number of likely N-dealkylation sites (tertiary alicyclic amines) is 1. The molecule has 6 rings (SSSR count). The monoisotopic (exact) mass is 590 g/mol. The lowest BCUT2D eigenvalue weighted by Crippen LogP contribution is -2.58. The van der Waals surface area contributed by atoms with Crippen LogP contribution in [0.25, 0.3) is 10.2 Å². The summed E-state index contributed by atoms with van der Waals surface area (Å²) in [5.41, 5.74) is 1.51. The van der Waals surface area contributed by atoms with E-state index in [9.17, 15) is 18.8 Å². The van der Waals surface area contributed by atoms with Gasteiger partial charge in [-0.25, -0.2) is 9.37 Å². The lowest BCUT2D eigenvalue weighted by Gasteiger charge is -2.38. The Balaban J connectivity index is 1.31. The number of benzene rings is 3. The summed E-state index contributed by atoms with van der Waals surface area (Å²) in [5.74, 6) is -0.823. The number of amides is 3. The average molecular weight is 591 g/mol. The minimum Gasteiger partial charge on any atom is -0.493 e. The Hall–Kier alpha value is -4.71. The van der Waals surface area contributed by atoms with Crippen molar-refractivity contribution < 1.29 is 33.0 Å². The van der Waals surface area contributed by atoms with Gasteiger partial charge in [-0.05, 0) is 48.0 Å². The molecule has 216 valence electrons. The Morgan fingerprint density at radius 1 is 1.14 bits per heavy atom. The Labute approximate surface area is 244 Å². The van der Waals surface area contributed by atoms with Gasteiger partial charge in [0.25, 0.3) is 17.7 Å². The number of fused-ring (bicyclic) bond motifs is 6. The largest absolute Gasteiger partial charge is 0.493 e. The van der Waals surface area contributed by atoms with Crippen LogP contribution in [-0.2, 0) is 11.3 Å². The number of carbonyl (C=O) groups is 3. The molecule has 0 saturated carbocycles. The quantitative estimate of drug-likeness (QED) is 0.367. The number of thiazole rings is 1. The number of methoxy groups -OCH3 is 1. The van der Waals surface area contributed by atoms with Gasteiger partial charge in [0, 0.05) is 37.7 Å². The molecule has 2 N–H and O–H groups in total. The molecule has 2 aliphatic rings. The number of nitrogens with one attached hydrogen (secondary N) is 2. The molecule has 4 aromatic rings. The number of para-hydroxylation sites is 1. The van der Waals surface area contributed by atoms with Gasteiger partial charge in [0.15, 0.2) is 23.1 Å². The summed E-state index contributed by atoms with van der Waals surface area (Å²) < 4.78 is 32.7. The maximum Gasteiger partial charge on any atom is 0.282 e. The third-order valence-corrected chi connectivity index (χ3v) is 8.15. The molecule has 10 nitrogen and oxygen atoms in total. The zero-order valence-corrected chi connectivity index (χ0v) is 23.4. The number of hydrogen-bond donors (Lipinski definition) is 2. The first kappa shape index (κ1) is 27.5. The predicted octanol–water partition coefficient (Wildman–Crippen LogP) is 3.54. The summed E-state index contributed by atoms with van der Waals surface area (Å²) in [6, 6.07) is 15.8. The molecule has 1 fully saturated rings. The summed E-state index contributed by atoms with van der Waals surface area (Å²) in [6.45, 7) is 0.226. The summed E-state index contributed by atoms with van der Waals surface area (Å²) in [7, 11) is 1.45. The minimum atomic E-state index is -0.629. The van der Waals surface area contributed by atoms with Crippen LogP contribution in [0.1, 0.15) is 32.1 Å². The van der Waals surface area contributed by atoms with Gasteiger partial charge in [0.1, 0.15) is 17.7 Å². The van der Waals surface area contributed by atoms with Crippen molar-refractivity contribution in [2.45, 2.75) is 25.1 Å². The van der Waals surface area contributed by atoms with Crippen molar-refractivity contribution in [2.75, 3.05) is 26.8 Å². The van der Waals surface area contributed by atoms with Gasteiger partial charge in [0.2, 0.25) is 0 Å². The second kappa shape index (κ2) is 11.6. The maximum absolute atomic E-state index is 14.5. The van der Waals surface area contributed by atoms with Crippen molar-refractivity contribution in [3.8, 4) is 17.2 Å². The first-order valence-electron chi connectivity index (χ1n) is 13.4. The number of carbonyl (C=O) groups excluding carboxylic acids is 3. The Morgan fingerprint density at radius 2 is 2.00 bits per heavy atom. The first-order valence-corrected chi connectivity index (χ1v) is 14.2. The standard InChI is InChI=1S/C30H27FN4O6S/c1-39-24-7-6-18-12-25(24)40-16-27(36)32-14-17-10-19(31)13-20(11-17)41-23-8-9-35(15-22(23)33-28(18)37)30(38)29-34-21-4-2-3-5-26(21)42-29/h2-7,10-13,22-23H,8-9,14-16H2,1H3,(H,32,36)(H,33,37)/t22-,23+/m0/s1. The number of piperidine rings is 1. The zero-order chi connectivity index (χ0) is 29.2. The van der Waals surface area contributed by atoms with Crippen molar-refractivity contribution >= 4 is 39.3 Å². The SMILES string of the molecule is COc1ccc2cc1OCC(=O)NCc1cc(F)cc(c1)O[C@@H]1CCN(C(=O)c3nc4ccccc4s3)C[C@@H]1NC2=O. The topological polar surface area (TPSA) is 119 Å². The highest BCUT2D eigenvalue weighted by Crippen LogP contribution is 2.30. The molecule has 4 bridgehead atoms. The van der Waals surface area contributed by atoms with Crippen molar-refractivity contribution in [3.63, 3.8) is 0 Å². The van der Waals surface area contributed by atoms with E-state index in [-0.39, 0.29) is 42.7 Å². The maximum atomic E-state index is 14.5. The number of halogens is 1. The normalized spacial score (nSPS) is 19.1. The van der Waals surface area contributed by atoms with Crippen LogP contribution in [0.5, 0.6) is 17.2 Å². The van der Waals surface area contributed by atoms with Crippen LogP contribution in [0, 0.1) is 5.82 Å². The van der Waals surface area contributed by atoms with E-state index in [0.717, 1.165) is 10.2 Å². The average Bonchev–Trinajstić information content (AvgIpc) is 3.43. The molecule has 0 radical (unpaired) electrons. The number of hydrogen-bond acceptors (Lipinski definition) is 8. The zero-order valence-electron chi connectivity index (χ0n) is 22.6. The van der Waals surface area contributed by atoms with Gasteiger partial charge >= 0.3 is 0 Å². The van der Waals surface area contributed by atoms with Gasteiger partial charge in [-0.15, -0.1) is 11.3 Å². The lowest BCUT2D eigenvalue weighted by atomic mass is 10.0. The molecule has 0 unspecified atom stereocenters. The van der Waals surface area contributed by atoms with E-state index in [4.69, 9.17) is 14.2 Å². The van der Waals surface area contributed by atoms with Gasteiger partial charge in [-0.3, -0.25) is 14.4 Å². The van der Waals surface area contributed by atoms with E-state index >= 15 is 0 Å². The van der Waals surface area contributed by atoms with Crippen LogP contribution < -0.4 is 24.8 Å². The van der Waals surface area contributed by atoms with Crippen LogP contribution in [0.4, 0.5) is 4.39 Å². The molecule has 0 spiro atoms. The first-order chi connectivity index (χ1) is 20.4. The molecule has 2 atom stereocenters. The second-order valence-electron chi connectivity index (χ2n) is 9.99. The predicted molar refractivity (Wildman–Crippen MR) is 153 cm³/mol. The second-order valence-corrected chi connectivity index (χ2v) is 11.0. The third kappa shape index (κ3) is 5.84. The summed E-state index contributed by atoms with van der Waals surface area (Å²) >= 11 is 1.32. The van der Waals surface area contributed by atoms with Crippen molar-refractivity contribution in [1.82, 2.24) is 20.5 Å². The molecule has 3 aromatic carbocycles. The fraction of sp³-hybridized carbons (Fsp3) is 0.267.